The average molecular weight is 444 g/mol. The summed E-state index contributed by atoms with van der Waals surface area (Å²) in [6.07, 6.45) is 3.57. The zero-order valence-corrected chi connectivity index (χ0v) is 19.1. The Labute approximate surface area is 192 Å². The third-order valence-electron chi connectivity index (χ3n) is 6.06. The van der Waals surface area contributed by atoms with Gasteiger partial charge in [-0.2, -0.15) is 5.10 Å². The summed E-state index contributed by atoms with van der Waals surface area (Å²) < 4.78 is 19.9. The number of nitrogens with zero attached hydrogens (tertiary/aromatic N) is 4. The van der Waals surface area contributed by atoms with Gasteiger partial charge in [-0.05, 0) is 49.6 Å². The number of fused-ring (bicyclic) bond motifs is 1. The maximum atomic E-state index is 14.6. The van der Waals surface area contributed by atoms with E-state index in [9.17, 15) is 4.39 Å². The average Bonchev–Trinajstić information content (AvgIpc) is 3.39. The molecule has 2 unspecified atom stereocenters. The third-order valence-corrected chi connectivity index (χ3v) is 6.06. The van der Waals surface area contributed by atoms with Gasteiger partial charge in [0.1, 0.15) is 11.6 Å². The SMILES string of the molecule is Cc1nc(NC(C)c2cccc(C3C=NN(C)C3)c2)cc(-c2cc(F)c3occ(C)c3c2)n1. The zero-order valence-electron chi connectivity index (χ0n) is 19.1. The van der Waals surface area contributed by atoms with Gasteiger partial charge in [-0.1, -0.05) is 24.3 Å². The Hall–Kier alpha value is -3.74. The van der Waals surface area contributed by atoms with Crippen molar-refractivity contribution < 1.29 is 8.81 Å². The van der Waals surface area contributed by atoms with E-state index in [0.717, 1.165) is 23.1 Å². The highest BCUT2D eigenvalue weighted by Crippen LogP contribution is 2.31. The molecule has 3 heterocycles. The first kappa shape index (κ1) is 21.1. The molecule has 1 aliphatic rings. The van der Waals surface area contributed by atoms with Crippen molar-refractivity contribution in [3.63, 3.8) is 0 Å². The number of nitrogens with one attached hydrogen (secondary N) is 1. The summed E-state index contributed by atoms with van der Waals surface area (Å²) in [4.78, 5) is 9.12. The molecule has 2 atom stereocenters. The molecule has 0 aliphatic carbocycles. The van der Waals surface area contributed by atoms with Crippen molar-refractivity contribution in [2.24, 2.45) is 5.10 Å². The van der Waals surface area contributed by atoms with Crippen molar-refractivity contribution in [3.05, 3.63) is 77.1 Å². The Morgan fingerprint density at radius 1 is 1.15 bits per heavy atom. The fraction of sp³-hybridized carbons (Fsp3) is 0.269. The summed E-state index contributed by atoms with van der Waals surface area (Å²) in [5, 5.41) is 10.5. The summed E-state index contributed by atoms with van der Waals surface area (Å²) in [6.45, 7) is 6.73. The van der Waals surface area contributed by atoms with Crippen molar-refractivity contribution in [1.29, 1.82) is 0 Å². The number of hydrazone groups is 1. The lowest BCUT2D eigenvalue weighted by molar-refractivity contribution is 0.381. The maximum Gasteiger partial charge on any atom is 0.169 e. The van der Waals surface area contributed by atoms with Crippen molar-refractivity contribution in [2.45, 2.75) is 32.7 Å². The Morgan fingerprint density at radius 2 is 2.00 bits per heavy atom. The molecule has 0 spiro atoms. The van der Waals surface area contributed by atoms with Gasteiger partial charge in [-0.15, -0.1) is 0 Å². The number of aromatic nitrogens is 2. The van der Waals surface area contributed by atoms with Crippen molar-refractivity contribution in [3.8, 4) is 11.3 Å². The van der Waals surface area contributed by atoms with Crippen LogP contribution in [0.5, 0.6) is 0 Å². The van der Waals surface area contributed by atoms with Gasteiger partial charge in [-0.25, -0.2) is 14.4 Å². The second kappa shape index (κ2) is 8.31. The predicted octanol–water partition coefficient (Wildman–Crippen LogP) is 5.83. The van der Waals surface area contributed by atoms with Gasteiger partial charge in [0.05, 0.1) is 12.0 Å². The Kier molecular flexibility index (Phi) is 5.32. The molecule has 0 radical (unpaired) electrons. The fourth-order valence-corrected chi connectivity index (χ4v) is 4.28. The number of anilines is 1. The topological polar surface area (TPSA) is 66.6 Å². The lowest BCUT2D eigenvalue weighted by Gasteiger charge is -2.18. The number of rotatable bonds is 5. The van der Waals surface area contributed by atoms with Gasteiger partial charge in [0, 0.05) is 48.8 Å². The number of aryl methyl sites for hydroxylation is 2. The molecule has 0 amide bonds. The van der Waals surface area contributed by atoms with E-state index in [1.54, 1.807) is 6.26 Å². The fourth-order valence-electron chi connectivity index (χ4n) is 4.28. The Balaban J connectivity index is 1.42. The zero-order chi connectivity index (χ0) is 23.1. The first-order valence-electron chi connectivity index (χ1n) is 11.0. The van der Waals surface area contributed by atoms with Crippen LogP contribution in [-0.2, 0) is 0 Å². The molecule has 0 saturated heterocycles. The summed E-state index contributed by atoms with van der Waals surface area (Å²) in [5.41, 5.74) is 4.92. The normalized spacial score (nSPS) is 16.5. The molecule has 1 N–H and O–H groups in total. The van der Waals surface area contributed by atoms with Crippen LogP contribution in [-0.4, -0.2) is 34.8 Å². The van der Waals surface area contributed by atoms with Gasteiger partial charge in [0.15, 0.2) is 11.4 Å². The smallest absolute Gasteiger partial charge is 0.169 e. The van der Waals surface area contributed by atoms with Gasteiger partial charge >= 0.3 is 0 Å². The predicted molar refractivity (Wildman–Crippen MR) is 129 cm³/mol. The molecule has 2 aromatic heterocycles. The second-order valence-electron chi connectivity index (χ2n) is 8.69. The molecular formula is C26H26FN5O. The molecule has 0 bridgehead atoms. The molecular weight excluding hydrogens is 417 g/mol. The number of hydrogen-bond donors (Lipinski definition) is 1. The van der Waals surface area contributed by atoms with E-state index in [1.165, 1.54) is 11.6 Å². The maximum absolute atomic E-state index is 14.6. The van der Waals surface area contributed by atoms with Crippen LogP contribution in [0.1, 0.15) is 41.4 Å². The highest BCUT2D eigenvalue weighted by Gasteiger charge is 2.18. The molecule has 7 heteroatoms. The van der Waals surface area contributed by atoms with E-state index in [1.807, 2.05) is 44.3 Å². The van der Waals surface area contributed by atoms with E-state index in [0.29, 0.717) is 28.8 Å². The van der Waals surface area contributed by atoms with Crippen molar-refractivity contribution in [2.75, 3.05) is 18.9 Å². The second-order valence-corrected chi connectivity index (χ2v) is 8.69. The van der Waals surface area contributed by atoms with Crippen LogP contribution < -0.4 is 5.32 Å². The van der Waals surface area contributed by atoms with E-state index in [4.69, 9.17) is 4.42 Å². The van der Waals surface area contributed by atoms with Crippen LogP contribution >= 0.6 is 0 Å². The standard InChI is InChI=1S/C26H26FN5O/c1-15-14-33-26-22(15)9-20(10-23(26)27)24-11-25(31-17(3)30-24)29-16(2)18-6-5-7-19(8-18)21-12-28-32(4)13-21/h5-12,14,16,21H,13H2,1-4H3,(H,29,30,31). The highest BCUT2D eigenvalue weighted by molar-refractivity contribution is 5.86. The lowest BCUT2D eigenvalue weighted by Crippen LogP contribution is -2.13. The van der Waals surface area contributed by atoms with Crippen LogP contribution in [0.3, 0.4) is 0 Å². The van der Waals surface area contributed by atoms with E-state index in [-0.39, 0.29) is 11.6 Å². The molecule has 33 heavy (non-hydrogen) atoms. The van der Waals surface area contributed by atoms with Gasteiger partial charge in [0.2, 0.25) is 0 Å². The number of likely N-dealkylation sites (N-methyl/N-ethyl adjacent to an activating group) is 1. The Morgan fingerprint density at radius 3 is 2.79 bits per heavy atom. The van der Waals surface area contributed by atoms with Crippen molar-refractivity contribution in [1.82, 2.24) is 15.0 Å². The summed E-state index contributed by atoms with van der Waals surface area (Å²) in [5.74, 6) is 1.21. The van der Waals surface area contributed by atoms with E-state index >= 15 is 0 Å². The number of benzene rings is 2. The van der Waals surface area contributed by atoms with Crippen LogP contribution in [0.4, 0.5) is 10.2 Å². The molecule has 0 fully saturated rings. The van der Waals surface area contributed by atoms with Gasteiger partial charge < -0.3 is 9.73 Å². The number of furan rings is 1. The summed E-state index contributed by atoms with van der Waals surface area (Å²) in [6, 6.07) is 13.8. The lowest BCUT2D eigenvalue weighted by atomic mass is 9.96. The first-order chi connectivity index (χ1) is 15.9. The van der Waals surface area contributed by atoms with E-state index < -0.39 is 5.82 Å². The minimum absolute atomic E-state index is 0.0264. The monoisotopic (exact) mass is 443 g/mol. The van der Waals surface area contributed by atoms with E-state index in [2.05, 4.69) is 51.6 Å². The minimum atomic E-state index is -0.396. The summed E-state index contributed by atoms with van der Waals surface area (Å²) in [7, 11) is 1.98. The summed E-state index contributed by atoms with van der Waals surface area (Å²) >= 11 is 0. The van der Waals surface area contributed by atoms with Gasteiger partial charge in [0.25, 0.3) is 0 Å². The van der Waals surface area contributed by atoms with Crippen LogP contribution in [0, 0.1) is 19.7 Å². The molecule has 168 valence electrons. The van der Waals surface area contributed by atoms with Crippen molar-refractivity contribution >= 4 is 23.0 Å². The Bertz CT molecular complexity index is 1360. The number of halogens is 1. The quantitative estimate of drug-likeness (QED) is 0.420. The number of hydrogen-bond acceptors (Lipinski definition) is 6. The highest BCUT2D eigenvalue weighted by atomic mass is 19.1. The van der Waals surface area contributed by atoms with Crippen LogP contribution in [0.25, 0.3) is 22.2 Å². The molecule has 4 aromatic rings. The first-order valence-corrected chi connectivity index (χ1v) is 11.0. The molecule has 2 aromatic carbocycles. The van der Waals surface area contributed by atoms with Gasteiger partial charge in [-0.3, -0.25) is 5.01 Å². The third kappa shape index (κ3) is 4.18. The molecule has 0 saturated carbocycles. The molecule has 1 aliphatic heterocycles. The molecule has 5 rings (SSSR count). The van der Waals surface area contributed by atoms with Crippen LogP contribution in [0.15, 0.2) is 58.2 Å². The molecule has 6 nitrogen and oxygen atoms in total. The van der Waals surface area contributed by atoms with Crippen LogP contribution in [0.2, 0.25) is 0 Å². The minimum Gasteiger partial charge on any atom is -0.461 e. The largest absolute Gasteiger partial charge is 0.461 e.